The second-order valence-electron chi connectivity index (χ2n) is 6.19. The van der Waals surface area contributed by atoms with Gasteiger partial charge in [-0.1, -0.05) is 35.3 Å². The molecule has 1 aromatic heterocycles. The minimum absolute atomic E-state index is 0.265. The van der Waals surface area contributed by atoms with Gasteiger partial charge in [0, 0.05) is 10.7 Å². The van der Waals surface area contributed by atoms with Crippen LogP contribution in [0, 0.1) is 6.92 Å². The highest BCUT2D eigenvalue weighted by atomic mass is 35.5. The van der Waals surface area contributed by atoms with Gasteiger partial charge in [0.15, 0.2) is 0 Å². The predicted molar refractivity (Wildman–Crippen MR) is 114 cm³/mol. The van der Waals surface area contributed by atoms with Gasteiger partial charge in [0.05, 0.1) is 28.1 Å². The first-order chi connectivity index (χ1) is 13.8. The first-order valence-electron chi connectivity index (χ1n) is 8.60. The van der Waals surface area contributed by atoms with Gasteiger partial charge in [0.1, 0.15) is 5.76 Å². The smallest absolute Gasteiger partial charge is 0.274 e. The highest BCUT2D eigenvalue weighted by Crippen LogP contribution is 2.22. The molecule has 0 aliphatic carbocycles. The lowest BCUT2D eigenvalue weighted by Gasteiger charge is -2.09. The molecule has 6 nitrogen and oxygen atoms in total. The summed E-state index contributed by atoms with van der Waals surface area (Å²) in [6, 6.07) is 13.3. The van der Waals surface area contributed by atoms with E-state index in [1.807, 2.05) is 6.07 Å². The van der Waals surface area contributed by atoms with Crippen LogP contribution in [0.2, 0.25) is 10.0 Å². The summed E-state index contributed by atoms with van der Waals surface area (Å²) in [6.07, 6.45) is 1.44. The number of rotatable bonds is 5. The van der Waals surface area contributed by atoms with Crippen molar-refractivity contribution in [3.8, 4) is 0 Å². The Morgan fingerprint density at radius 2 is 1.79 bits per heavy atom. The van der Waals surface area contributed by atoms with Crippen LogP contribution in [0.1, 0.15) is 39.0 Å². The van der Waals surface area contributed by atoms with Crippen LogP contribution in [-0.2, 0) is 0 Å². The molecule has 0 fully saturated rings. The molecule has 0 radical (unpaired) electrons. The Hall–Kier alpha value is -3.09. The zero-order chi connectivity index (χ0) is 21.0. The SMILES string of the molecule is CC(=NNC(=O)c1ccoc1C)c1cccc(NC(=O)c2ccc(Cl)cc2Cl)c1. The van der Waals surface area contributed by atoms with E-state index in [0.717, 1.165) is 5.56 Å². The third kappa shape index (κ3) is 5.04. The maximum absolute atomic E-state index is 12.5. The number of hydrogen-bond donors (Lipinski definition) is 2. The molecule has 0 bridgehead atoms. The minimum Gasteiger partial charge on any atom is -0.469 e. The fraction of sp³-hybridized carbons (Fsp3) is 0.0952. The third-order valence-corrected chi connectivity index (χ3v) is 4.69. The maximum Gasteiger partial charge on any atom is 0.274 e. The van der Waals surface area contributed by atoms with Gasteiger partial charge in [0.2, 0.25) is 0 Å². The molecule has 0 saturated heterocycles. The topological polar surface area (TPSA) is 83.7 Å². The monoisotopic (exact) mass is 429 g/mol. The summed E-state index contributed by atoms with van der Waals surface area (Å²) in [4.78, 5) is 24.6. The number of halogens is 2. The molecule has 8 heteroatoms. The van der Waals surface area contributed by atoms with E-state index in [1.165, 1.54) is 12.3 Å². The van der Waals surface area contributed by atoms with Gasteiger partial charge in [0.25, 0.3) is 11.8 Å². The van der Waals surface area contributed by atoms with Gasteiger partial charge in [-0.25, -0.2) is 5.43 Å². The zero-order valence-electron chi connectivity index (χ0n) is 15.6. The molecule has 0 aliphatic rings. The lowest BCUT2D eigenvalue weighted by molar-refractivity contribution is 0.0952. The van der Waals surface area contributed by atoms with E-state index < -0.39 is 0 Å². The van der Waals surface area contributed by atoms with Crippen molar-refractivity contribution in [1.82, 2.24) is 5.43 Å². The van der Waals surface area contributed by atoms with Crippen LogP contribution in [0.3, 0.4) is 0 Å². The van der Waals surface area contributed by atoms with E-state index >= 15 is 0 Å². The van der Waals surface area contributed by atoms with Crippen molar-refractivity contribution < 1.29 is 14.0 Å². The number of aryl methyl sites for hydroxylation is 1. The van der Waals surface area contributed by atoms with Crippen LogP contribution >= 0.6 is 23.2 Å². The Balaban J connectivity index is 1.72. The molecule has 2 amide bonds. The Kier molecular flexibility index (Phi) is 6.36. The van der Waals surface area contributed by atoms with Gasteiger partial charge in [-0.05, 0) is 55.8 Å². The van der Waals surface area contributed by atoms with Crippen LogP contribution in [0.25, 0.3) is 0 Å². The summed E-state index contributed by atoms with van der Waals surface area (Å²) in [5.74, 6) is -0.208. The van der Waals surface area contributed by atoms with Crippen LogP contribution in [0.4, 0.5) is 5.69 Å². The van der Waals surface area contributed by atoms with Crippen molar-refractivity contribution in [3.05, 3.63) is 87.3 Å². The standard InChI is InChI=1S/C21H17Cl2N3O3/c1-12(25-26-21(28)17-8-9-29-13(17)2)14-4-3-5-16(10-14)24-20(27)18-7-6-15(22)11-19(18)23/h3-11H,1-2H3,(H,24,27)(H,26,28). The maximum atomic E-state index is 12.5. The largest absolute Gasteiger partial charge is 0.469 e. The Labute approximate surface area is 177 Å². The molecule has 0 atom stereocenters. The van der Waals surface area contributed by atoms with Crippen molar-refractivity contribution in [2.24, 2.45) is 5.10 Å². The number of anilines is 1. The molecule has 2 aromatic carbocycles. The van der Waals surface area contributed by atoms with E-state index in [4.69, 9.17) is 27.6 Å². The third-order valence-electron chi connectivity index (χ3n) is 4.14. The molecular formula is C21H17Cl2N3O3. The fourth-order valence-electron chi connectivity index (χ4n) is 2.57. The Morgan fingerprint density at radius 1 is 1.00 bits per heavy atom. The number of hydrazone groups is 1. The first kappa shape index (κ1) is 20.6. The van der Waals surface area contributed by atoms with E-state index in [2.05, 4.69) is 15.8 Å². The highest BCUT2D eigenvalue weighted by Gasteiger charge is 2.13. The lowest BCUT2D eigenvalue weighted by atomic mass is 10.1. The second-order valence-corrected chi connectivity index (χ2v) is 7.03. The van der Waals surface area contributed by atoms with E-state index in [-0.39, 0.29) is 16.8 Å². The van der Waals surface area contributed by atoms with Gasteiger partial charge in [-0.15, -0.1) is 0 Å². The molecule has 0 spiro atoms. The summed E-state index contributed by atoms with van der Waals surface area (Å²) >= 11 is 12.0. The molecular weight excluding hydrogens is 413 g/mol. The van der Waals surface area contributed by atoms with Gasteiger partial charge in [-0.3, -0.25) is 9.59 Å². The quantitative estimate of drug-likeness (QED) is 0.426. The number of amides is 2. The molecule has 0 saturated carbocycles. The van der Waals surface area contributed by atoms with Crippen molar-refractivity contribution in [2.45, 2.75) is 13.8 Å². The van der Waals surface area contributed by atoms with Gasteiger partial charge < -0.3 is 9.73 Å². The molecule has 2 N–H and O–H groups in total. The van der Waals surface area contributed by atoms with Crippen molar-refractivity contribution in [1.29, 1.82) is 0 Å². The van der Waals surface area contributed by atoms with E-state index in [9.17, 15) is 9.59 Å². The van der Waals surface area contributed by atoms with Crippen LogP contribution in [0.15, 0.2) is 64.3 Å². The van der Waals surface area contributed by atoms with Crippen molar-refractivity contribution in [2.75, 3.05) is 5.32 Å². The number of benzene rings is 2. The molecule has 0 aliphatic heterocycles. The first-order valence-corrected chi connectivity index (χ1v) is 9.36. The summed E-state index contributed by atoms with van der Waals surface area (Å²) in [6.45, 7) is 3.45. The highest BCUT2D eigenvalue weighted by molar-refractivity contribution is 6.37. The molecule has 3 aromatic rings. The molecule has 148 valence electrons. The fourth-order valence-corrected chi connectivity index (χ4v) is 3.07. The van der Waals surface area contributed by atoms with Crippen LogP contribution < -0.4 is 10.7 Å². The second kappa shape index (κ2) is 8.94. The summed E-state index contributed by atoms with van der Waals surface area (Å²) in [5.41, 5.74) is 5.09. The summed E-state index contributed by atoms with van der Waals surface area (Å²) < 4.78 is 5.11. The molecule has 0 unspecified atom stereocenters. The summed E-state index contributed by atoms with van der Waals surface area (Å²) in [5, 5.41) is 7.62. The minimum atomic E-state index is -0.363. The van der Waals surface area contributed by atoms with Crippen LogP contribution in [0.5, 0.6) is 0 Å². The normalized spacial score (nSPS) is 11.2. The average molecular weight is 430 g/mol. The number of hydrogen-bond acceptors (Lipinski definition) is 4. The van der Waals surface area contributed by atoms with Crippen molar-refractivity contribution in [3.63, 3.8) is 0 Å². The Morgan fingerprint density at radius 3 is 2.48 bits per heavy atom. The summed E-state index contributed by atoms with van der Waals surface area (Å²) in [7, 11) is 0. The number of carbonyl (C=O) groups is 2. The van der Waals surface area contributed by atoms with Gasteiger partial charge in [-0.2, -0.15) is 5.10 Å². The van der Waals surface area contributed by atoms with Crippen LogP contribution in [-0.4, -0.2) is 17.5 Å². The lowest BCUT2D eigenvalue weighted by Crippen LogP contribution is -2.19. The molecule has 3 rings (SSSR count). The molecule has 1 heterocycles. The van der Waals surface area contributed by atoms with E-state index in [0.29, 0.717) is 33.3 Å². The number of carbonyl (C=O) groups excluding carboxylic acids is 2. The van der Waals surface area contributed by atoms with Crippen molar-refractivity contribution >= 4 is 46.4 Å². The average Bonchev–Trinajstić information content (AvgIpc) is 3.12. The Bertz CT molecular complexity index is 1110. The number of nitrogens with one attached hydrogen (secondary N) is 2. The predicted octanol–water partition coefficient (Wildman–Crippen LogP) is 5.30. The molecule has 29 heavy (non-hydrogen) atoms. The zero-order valence-corrected chi connectivity index (χ0v) is 17.1. The van der Waals surface area contributed by atoms with E-state index in [1.54, 1.807) is 50.2 Å². The number of nitrogens with zero attached hydrogens (tertiary/aromatic N) is 1. The van der Waals surface area contributed by atoms with Gasteiger partial charge >= 0.3 is 0 Å². The number of furan rings is 1.